The van der Waals surface area contributed by atoms with Crippen molar-refractivity contribution in [1.82, 2.24) is 0 Å². The molecule has 9 atom stereocenters. The Kier molecular flexibility index (Phi) is 5.90. The van der Waals surface area contributed by atoms with Crippen molar-refractivity contribution < 1.29 is 23.9 Å². The lowest BCUT2D eigenvalue weighted by Gasteiger charge is -2.65. The van der Waals surface area contributed by atoms with Crippen LogP contribution in [0, 0.1) is 45.3 Å². The number of ether oxygens (including phenoxy) is 2. The highest BCUT2D eigenvalue weighted by Gasteiger charge is 2.82. The van der Waals surface area contributed by atoms with Gasteiger partial charge in [0.25, 0.3) is 0 Å². The molecule has 5 aliphatic rings. The first-order valence-electron chi connectivity index (χ1n) is 14.2. The van der Waals surface area contributed by atoms with Crippen LogP contribution in [0.2, 0.25) is 0 Å². The fraction of sp³-hybridized carbons (Fsp3) is 0.839. The first kappa shape index (κ1) is 26.3. The molecular weight excluding hydrogens is 452 g/mol. The minimum Gasteiger partial charge on any atom is -0.355 e. The van der Waals surface area contributed by atoms with E-state index in [4.69, 9.17) is 9.47 Å². The third-order valence-electron chi connectivity index (χ3n) is 12.4. The number of ketones is 3. The topological polar surface area (TPSA) is 69.7 Å². The van der Waals surface area contributed by atoms with Crippen LogP contribution in [-0.2, 0) is 23.9 Å². The van der Waals surface area contributed by atoms with Gasteiger partial charge in [0.2, 0.25) is 0 Å². The van der Waals surface area contributed by atoms with Crippen molar-refractivity contribution in [3.63, 3.8) is 0 Å². The standard InChI is InChI=1S/C31H46O5/c1-18(2)15-20(32)16-19(3)21-11-12-29(7)25-22(33)17-31-23(9-10-24(34)27(31,4)5)30(25,26(35-8)36-31)14-13-28(21,29)6/h15,19,21,23,25-26H,9-14,16-17H2,1-8H3. The molecule has 5 nitrogen and oxygen atoms in total. The second-order valence-electron chi connectivity index (χ2n) is 14.3. The SMILES string of the molecule is COC1OC23CC(=O)C4C1(CCC1(C)C(C(C)CC(=O)C=C(C)C)CCC41C)C2CCC(=O)C3(C)C. The molecule has 0 N–H and O–H groups in total. The third-order valence-corrected chi connectivity index (χ3v) is 12.4. The molecule has 5 fully saturated rings. The zero-order valence-corrected chi connectivity index (χ0v) is 23.7. The summed E-state index contributed by atoms with van der Waals surface area (Å²) in [6, 6.07) is 0. The van der Waals surface area contributed by atoms with Gasteiger partial charge in [0, 0.05) is 43.6 Å². The molecule has 0 aromatic carbocycles. The Morgan fingerprint density at radius 2 is 1.78 bits per heavy atom. The summed E-state index contributed by atoms with van der Waals surface area (Å²) < 4.78 is 12.9. The van der Waals surface area contributed by atoms with Crippen molar-refractivity contribution in [3.8, 4) is 0 Å². The van der Waals surface area contributed by atoms with Gasteiger partial charge in [0.1, 0.15) is 11.6 Å². The van der Waals surface area contributed by atoms with Gasteiger partial charge in [0.05, 0.1) is 11.0 Å². The van der Waals surface area contributed by atoms with E-state index in [9.17, 15) is 14.4 Å². The van der Waals surface area contributed by atoms with E-state index in [-0.39, 0.29) is 51.3 Å². The van der Waals surface area contributed by atoms with Crippen LogP contribution >= 0.6 is 0 Å². The van der Waals surface area contributed by atoms with E-state index in [1.54, 1.807) is 13.2 Å². The second-order valence-corrected chi connectivity index (χ2v) is 14.3. The molecule has 1 spiro atoms. The smallest absolute Gasteiger partial charge is 0.164 e. The number of allylic oxidation sites excluding steroid dienone is 2. The van der Waals surface area contributed by atoms with Gasteiger partial charge in [-0.3, -0.25) is 14.4 Å². The molecule has 4 aliphatic carbocycles. The van der Waals surface area contributed by atoms with Gasteiger partial charge in [-0.05, 0) is 74.7 Å². The predicted molar refractivity (Wildman–Crippen MR) is 138 cm³/mol. The van der Waals surface area contributed by atoms with E-state index in [1.807, 2.05) is 27.7 Å². The van der Waals surface area contributed by atoms with E-state index >= 15 is 0 Å². The number of hydrogen-bond donors (Lipinski definition) is 0. The fourth-order valence-electron chi connectivity index (χ4n) is 10.6. The number of fused-ring (bicyclic) bond motifs is 2. The molecule has 9 unspecified atom stereocenters. The van der Waals surface area contributed by atoms with Crippen LogP contribution in [0.15, 0.2) is 11.6 Å². The molecule has 0 aromatic rings. The summed E-state index contributed by atoms with van der Waals surface area (Å²) in [5.41, 5.74) is -0.995. The lowest BCUT2D eigenvalue weighted by molar-refractivity contribution is -0.222. The molecule has 2 bridgehead atoms. The van der Waals surface area contributed by atoms with E-state index < -0.39 is 17.3 Å². The van der Waals surface area contributed by atoms with Crippen LogP contribution in [0.25, 0.3) is 0 Å². The Labute approximate surface area is 217 Å². The van der Waals surface area contributed by atoms with Crippen molar-refractivity contribution in [1.29, 1.82) is 0 Å². The number of carbonyl (C=O) groups is 3. The van der Waals surface area contributed by atoms with Crippen LogP contribution in [0.5, 0.6) is 0 Å². The molecule has 1 heterocycles. The van der Waals surface area contributed by atoms with Gasteiger partial charge in [0.15, 0.2) is 12.1 Å². The minimum absolute atomic E-state index is 0.0237. The third kappa shape index (κ3) is 2.99. The normalized spacial score (nSPS) is 47.6. The summed E-state index contributed by atoms with van der Waals surface area (Å²) in [6.07, 6.45) is 7.47. The van der Waals surface area contributed by atoms with Crippen molar-refractivity contribution in [3.05, 3.63) is 11.6 Å². The molecule has 0 radical (unpaired) electrons. The van der Waals surface area contributed by atoms with Crippen LogP contribution in [0.1, 0.15) is 99.8 Å². The van der Waals surface area contributed by atoms with Crippen molar-refractivity contribution in [2.24, 2.45) is 45.3 Å². The highest BCUT2D eigenvalue weighted by molar-refractivity contribution is 5.92. The van der Waals surface area contributed by atoms with Gasteiger partial charge in [-0.1, -0.05) is 40.2 Å². The van der Waals surface area contributed by atoms with Gasteiger partial charge in [-0.2, -0.15) is 0 Å². The molecule has 4 saturated carbocycles. The van der Waals surface area contributed by atoms with Crippen LogP contribution in [-0.4, -0.2) is 36.4 Å². The summed E-state index contributed by atoms with van der Waals surface area (Å²) >= 11 is 0. The van der Waals surface area contributed by atoms with Crippen molar-refractivity contribution >= 4 is 17.3 Å². The maximum Gasteiger partial charge on any atom is 0.164 e. The van der Waals surface area contributed by atoms with Crippen LogP contribution in [0.3, 0.4) is 0 Å². The molecule has 36 heavy (non-hydrogen) atoms. The van der Waals surface area contributed by atoms with Gasteiger partial charge < -0.3 is 9.47 Å². The Balaban J connectivity index is 1.55. The van der Waals surface area contributed by atoms with E-state index in [2.05, 4.69) is 20.8 Å². The highest BCUT2D eigenvalue weighted by atomic mass is 16.7. The van der Waals surface area contributed by atoms with Crippen LogP contribution in [0.4, 0.5) is 0 Å². The van der Waals surface area contributed by atoms with Gasteiger partial charge in [-0.15, -0.1) is 0 Å². The average Bonchev–Trinajstić information content (AvgIpc) is 3.16. The van der Waals surface area contributed by atoms with Crippen LogP contribution < -0.4 is 0 Å². The highest BCUT2D eigenvalue weighted by Crippen LogP contribution is 2.79. The molecule has 1 aliphatic heterocycles. The summed E-state index contributed by atoms with van der Waals surface area (Å²) in [6.45, 7) is 14.9. The second kappa shape index (κ2) is 8.09. The number of Topliss-reactive ketones (excluding diaryl/α,β-unsaturated/α-hetero) is 2. The Hall–Kier alpha value is -1.33. The molecule has 0 amide bonds. The van der Waals surface area contributed by atoms with E-state index in [0.29, 0.717) is 25.2 Å². The summed E-state index contributed by atoms with van der Waals surface area (Å²) in [5.74, 6) is 1.39. The van der Waals surface area contributed by atoms with Crippen molar-refractivity contribution in [2.45, 2.75) is 112 Å². The largest absolute Gasteiger partial charge is 0.355 e. The monoisotopic (exact) mass is 498 g/mol. The first-order chi connectivity index (χ1) is 16.7. The maximum absolute atomic E-state index is 14.3. The van der Waals surface area contributed by atoms with E-state index in [0.717, 1.165) is 37.7 Å². The predicted octanol–water partition coefficient (Wildman–Crippen LogP) is 6.09. The summed E-state index contributed by atoms with van der Waals surface area (Å²) in [7, 11) is 1.71. The molecule has 5 rings (SSSR count). The minimum atomic E-state index is -0.761. The van der Waals surface area contributed by atoms with Gasteiger partial charge in [-0.25, -0.2) is 0 Å². The fourth-order valence-corrected chi connectivity index (χ4v) is 10.6. The first-order valence-corrected chi connectivity index (χ1v) is 14.2. The quantitative estimate of drug-likeness (QED) is 0.429. The molecule has 1 saturated heterocycles. The zero-order valence-electron chi connectivity index (χ0n) is 23.7. The number of rotatable bonds is 5. The Morgan fingerprint density at radius 3 is 2.42 bits per heavy atom. The molecule has 5 heteroatoms. The summed E-state index contributed by atoms with van der Waals surface area (Å²) in [4.78, 5) is 40.1. The number of hydrogen-bond acceptors (Lipinski definition) is 5. The molecule has 0 aromatic heterocycles. The average molecular weight is 499 g/mol. The number of methoxy groups -OCH3 is 1. The lowest BCUT2D eigenvalue weighted by atomic mass is 9.36. The lowest BCUT2D eigenvalue weighted by Crippen LogP contribution is -2.69. The molecule has 200 valence electrons. The summed E-state index contributed by atoms with van der Waals surface area (Å²) in [5, 5.41) is 0. The molecular formula is C31H46O5. The maximum atomic E-state index is 14.3. The zero-order chi connectivity index (χ0) is 26.5. The number of carbonyl (C=O) groups excluding carboxylic acids is 3. The van der Waals surface area contributed by atoms with E-state index in [1.165, 1.54) is 0 Å². The van der Waals surface area contributed by atoms with Gasteiger partial charge >= 0.3 is 0 Å². The Bertz CT molecular complexity index is 1020. The Morgan fingerprint density at radius 1 is 1.08 bits per heavy atom. The van der Waals surface area contributed by atoms with Crippen molar-refractivity contribution in [2.75, 3.05) is 7.11 Å².